The number of hydrogen-bond donors (Lipinski definition) is 1. The lowest BCUT2D eigenvalue weighted by atomic mass is 10.0. The van der Waals surface area contributed by atoms with E-state index in [1.807, 2.05) is 57.2 Å². The molecule has 1 aliphatic rings. The molecular formula is C45H53Br2N3O6S2+2. The molecule has 0 saturated heterocycles. The van der Waals surface area contributed by atoms with Crippen molar-refractivity contribution in [2.24, 2.45) is 0 Å². The molecule has 2 heterocycles. The highest BCUT2D eigenvalue weighted by atomic mass is 79.9. The number of allylic oxidation sites excluding steroid dienone is 2. The number of aromatic nitrogens is 1. The molecule has 0 atom stereocenters. The second kappa shape index (κ2) is 20.2. The van der Waals surface area contributed by atoms with E-state index in [1.54, 1.807) is 0 Å². The van der Waals surface area contributed by atoms with E-state index in [0.29, 0.717) is 57.1 Å². The Labute approximate surface area is 364 Å². The SMILES string of the molecule is CCC(=Cc1oc2ccc(-c3ccc(Br)cc3)cc2[n+]1CCCCS(=O)(=O)O[N+](CC)(CC)CC)C=C1Oc2ccc(-c3ccc(Br)cc3)cc2N1CCCCSO. The van der Waals surface area contributed by atoms with Crippen LogP contribution < -0.4 is 14.2 Å². The molecule has 0 saturated carbocycles. The standard InChI is InChI=1S/C45H52Br2N3O6S2/c1-5-33(29-44-48(25-9-11-27-57-51)40-31-36(17-23-42(40)54-44)34-13-19-38(46)20-14-34)30-45-49(26-10-12-28-58(52,53)56-50(6-2,7-3)8-4)41-32-37(18-24-43(41)55-45)35-15-21-39(47)22-16-35/h13-24,29-32H,5-12,25-28H2,1-4H3/q+1/p+1. The molecule has 0 amide bonds. The lowest BCUT2D eigenvalue weighted by Crippen LogP contribution is -2.49. The maximum absolute atomic E-state index is 13.1. The van der Waals surface area contributed by atoms with E-state index < -0.39 is 10.1 Å². The van der Waals surface area contributed by atoms with Crippen molar-refractivity contribution in [1.82, 2.24) is 0 Å². The molecule has 0 radical (unpaired) electrons. The summed E-state index contributed by atoms with van der Waals surface area (Å²) in [5.74, 6) is 2.82. The van der Waals surface area contributed by atoms with Gasteiger partial charge < -0.3 is 18.6 Å². The summed E-state index contributed by atoms with van der Waals surface area (Å²) in [5.41, 5.74) is 8.05. The van der Waals surface area contributed by atoms with Gasteiger partial charge in [0.2, 0.25) is 11.5 Å². The van der Waals surface area contributed by atoms with Crippen molar-refractivity contribution < 1.29 is 35.6 Å². The van der Waals surface area contributed by atoms with Crippen molar-refractivity contribution in [2.75, 3.05) is 42.6 Å². The highest BCUT2D eigenvalue weighted by Gasteiger charge is 2.32. The van der Waals surface area contributed by atoms with Crippen LogP contribution in [0.3, 0.4) is 0 Å². The van der Waals surface area contributed by atoms with Gasteiger partial charge in [-0.3, -0.25) is 0 Å². The van der Waals surface area contributed by atoms with Gasteiger partial charge in [-0.15, -0.1) is 0 Å². The first-order chi connectivity index (χ1) is 28.0. The summed E-state index contributed by atoms with van der Waals surface area (Å²) in [5, 5.41) is 0. The van der Waals surface area contributed by atoms with Crippen LogP contribution in [-0.4, -0.2) is 55.3 Å². The van der Waals surface area contributed by atoms with E-state index in [0.717, 1.165) is 96.6 Å². The van der Waals surface area contributed by atoms with E-state index in [9.17, 15) is 13.0 Å². The van der Waals surface area contributed by atoms with Gasteiger partial charge in [-0.25, -0.2) is 0 Å². The maximum atomic E-state index is 13.1. The first kappa shape index (κ1) is 44.1. The lowest BCUT2D eigenvalue weighted by Gasteiger charge is -2.30. The first-order valence-corrected chi connectivity index (χ1v) is 24.2. The minimum Gasteiger partial charge on any atom is -0.439 e. The van der Waals surface area contributed by atoms with Crippen molar-refractivity contribution in [1.29, 1.82) is 0 Å². The molecular weight excluding hydrogens is 902 g/mol. The van der Waals surface area contributed by atoms with Gasteiger partial charge in [-0.1, -0.05) is 79.5 Å². The summed E-state index contributed by atoms with van der Waals surface area (Å²) in [6, 6.07) is 29.1. The second-order valence-corrected chi connectivity index (χ2v) is 18.5. The van der Waals surface area contributed by atoms with E-state index in [2.05, 4.69) is 109 Å². The van der Waals surface area contributed by atoms with Gasteiger partial charge in [-0.2, -0.15) is 17.6 Å². The predicted molar refractivity (Wildman–Crippen MR) is 244 cm³/mol. The minimum atomic E-state index is -3.73. The Hall–Kier alpha value is -3.43. The molecule has 0 aliphatic carbocycles. The van der Waals surface area contributed by atoms with Crippen LogP contribution in [0.5, 0.6) is 5.75 Å². The van der Waals surface area contributed by atoms with Gasteiger partial charge in [0.1, 0.15) is 19.6 Å². The van der Waals surface area contributed by atoms with Crippen LogP contribution in [0.15, 0.2) is 116 Å². The molecule has 6 rings (SSSR count). The summed E-state index contributed by atoms with van der Waals surface area (Å²) >= 11 is 7.97. The van der Waals surface area contributed by atoms with Crippen molar-refractivity contribution in [3.05, 3.63) is 117 Å². The van der Waals surface area contributed by atoms with E-state index in [4.69, 9.17) is 13.4 Å². The van der Waals surface area contributed by atoms with Gasteiger partial charge in [0.25, 0.3) is 5.52 Å². The highest BCUT2D eigenvalue weighted by Crippen LogP contribution is 2.42. The highest BCUT2D eigenvalue weighted by molar-refractivity contribution is 9.10. The van der Waals surface area contributed by atoms with Crippen molar-refractivity contribution >= 4 is 76.9 Å². The number of rotatable bonds is 20. The first-order valence-electron chi connectivity index (χ1n) is 20.1. The number of hydrogen-bond acceptors (Lipinski definition) is 8. The Balaban J connectivity index is 1.33. The van der Waals surface area contributed by atoms with Gasteiger partial charge in [-0.05, 0) is 129 Å². The number of ether oxygens (including phenoxy) is 1. The lowest BCUT2D eigenvalue weighted by molar-refractivity contribution is -1.08. The maximum Gasteiger partial charge on any atom is 0.374 e. The zero-order valence-electron chi connectivity index (χ0n) is 33.6. The molecule has 0 bridgehead atoms. The van der Waals surface area contributed by atoms with Gasteiger partial charge in [0.15, 0.2) is 12.3 Å². The zero-order chi connectivity index (χ0) is 41.3. The largest absolute Gasteiger partial charge is 0.439 e. The number of benzene rings is 4. The Morgan fingerprint density at radius 1 is 0.828 bits per heavy atom. The Bertz CT molecular complexity index is 2330. The van der Waals surface area contributed by atoms with Crippen molar-refractivity contribution in [3.63, 3.8) is 0 Å². The summed E-state index contributed by atoms with van der Waals surface area (Å²) in [6.07, 6.45) is 7.67. The normalized spacial score (nSPS) is 14.1. The molecule has 0 fully saturated rings. The van der Waals surface area contributed by atoms with E-state index in [-0.39, 0.29) is 10.4 Å². The summed E-state index contributed by atoms with van der Waals surface area (Å²) in [4.78, 5) is 2.23. The molecule has 0 unspecified atom stereocenters. The molecule has 4 aromatic carbocycles. The average molecular weight is 956 g/mol. The van der Waals surface area contributed by atoms with Crippen LogP contribution >= 0.6 is 43.9 Å². The smallest absolute Gasteiger partial charge is 0.374 e. The Morgan fingerprint density at radius 2 is 1.45 bits per heavy atom. The number of aryl methyl sites for hydroxylation is 1. The fourth-order valence-electron chi connectivity index (χ4n) is 7.18. The zero-order valence-corrected chi connectivity index (χ0v) is 38.4. The number of hydroxylamine groups is 3. The number of halogens is 2. The van der Waals surface area contributed by atoms with Gasteiger partial charge in [0, 0.05) is 39.8 Å². The third-order valence-electron chi connectivity index (χ3n) is 10.7. The molecule has 58 heavy (non-hydrogen) atoms. The number of unbranched alkanes of at least 4 members (excludes halogenated alkanes) is 2. The number of quaternary nitrogens is 1. The molecule has 308 valence electrons. The fourth-order valence-corrected chi connectivity index (χ4v) is 9.47. The monoisotopic (exact) mass is 953 g/mol. The van der Waals surface area contributed by atoms with Crippen LogP contribution in [0.4, 0.5) is 5.69 Å². The van der Waals surface area contributed by atoms with Crippen molar-refractivity contribution in [2.45, 2.75) is 66.3 Å². The molecule has 13 heteroatoms. The number of nitrogens with zero attached hydrogens (tertiary/aromatic N) is 3. The number of anilines is 1. The summed E-state index contributed by atoms with van der Waals surface area (Å²) in [7, 11) is -3.73. The quantitative estimate of drug-likeness (QED) is 0.0271. The molecule has 1 N–H and O–H groups in total. The molecule has 1 aromatic heterocycles. The average Bonchev–Trinajstić information content (AvgIpc) is 3.75. The third-order valence-corrected chi connectivity index (χ3v) is 13.6. The summed E-state index contributed by atoms with van der Waals surface area (Å²) < 4.78 is 58.8. The number of oxazole rings is 1. The van der Waals surface area contributed by atoms with Crippen LogP contribution in [0.1, 0.15) is 65.7 Å². The number of fused-ring (bicyclic) bond motifs is 2. The van der Waals surface area contributed by atoms with E-state index >= 15 is 0 Å². The van der Waals surface area contributed by atoms with Crippen LogP contribution in [0.2, 0.25) is 0 Å². The van der Waals surface area contributed by atoms with Crippen molar-refractivity contribution in [3.8, 4) is 28.0 Å². The Kier molecular flexibility index (Phi) is 15.4. The fraction of sp³-hybridized carbons (Fsp3) is 0.356. The van der Waals surface area contributed by atoms with Gasteiger partial charge >= 0.3 is 16.0 Å². The molecule has 5 aromatic rings. The topological polar surface area (TPSA) is 93.1 Å². The van der Waals surface area contributed by atoms with Crippen LogP contribution in [-0.2, 0) is 20.9 Å². The predicted octanol–water partition coefficient (Wildman–Crippen LogP) is 12.0. The second-order valence-electron chi connectivity index (χ2n) is 14.4. The third kappa shape index (κ3) is 10.8. The molecule has 0 spiro atoms. The summed E-state index contributed by atoms with van der Waals surface area (Å²) in [6.45, 7) is 11.0. The van der Waals surface area contributed by atoms with Crippen LogP contribution in [0, 0.1) is 0 Å². The van der Waals surface area contributed by atoms with Crippen LogP contribution in [0.25, 0.3) is 39.4 Å². The molecule has 9 nitrogen and oxygen atoms in total. The molecule has 1 aliphatic heterocycles. The Morgan fingerprint density at radius 3 is 2.07 bits per heavy atom. The minimum absolute atomic E-state index is 0.0563. The van der Waals surface area contributed by atoms with Gasteiger partial charge in [0.05, 0.1) is 17.5 Å². The van der Waals surface area contributed by atoms with E-state index in [1.165, 1.54) is 0 Å².